The Hall–Kier alpha value is 0.340. The van der Waals surface area contributed by atoms with Gasteiger partial charge in [-0.2, -0.15) is 0 Å². The third-order valence-corrected chi connectivity index (χ3v) is 3.86. The monoisotopic (exact) mass is 396 g/mol. The van der Waals surface area contributed by atoms with Gasteiger partial charge in [0.25, 0.3) is 0 Å². The van der Waals surface area contributed by atoms with Gasteiger partial charge in [0.05, 0.1) is 20.8 Å². The normalized spacial score (nSPS) is 26.2. The van der Waals surface area contributed by atoms with E-state index in [2.05, 4.69) is 19.5 Å². The van der Waals surface area contributed by atoms with Crippen molar-refractivity contribution in [2.75, 3.05) is 12.3 Å². The first-order valence-corrected chi connectivity index (χ1v) is 7.85. The van der Waals surface area contributed by atoms with E-state index in [1.807, 2.05) is 0 Å². The summed E-state index contributed by atoms with van der Waals surface area (Å²) in [5.74, 6) is 0.125. The summed E-state index contributed by atoms with van der Waals surface area (Å²) in [5.41, 5.74) is 6.19. The maximum absolute atomic E-state index is 10.5. The molecule has 2 aromatic rings. The number of aliphatic hydroxyl groups excluding tert-OH is 2. The van der Waals surface area contributed by atoms with E-state index >= 15 is 0 Å². The van der Waals surface area contributed by atoms with Crippen LogP contribution >= 0.6 is 7.82 Å². The van der Waals surface area contributed by atoms with Gasteiger partial charge in [-0.3, -0.25) is 4.57 Å². The Labute approximate surface area is 185 Å². The fourth-order valence-electron chi connectivity index (χ4n) is 2.32. The van der Waals surface area contributed by atoms with Crippen LogP contribution < -0.4 is 74.6 Å². The number of phosphoric ester groups is 1. The predicted molar refractivity (Wildman–Crippen MR) is 69.2 cm³/mol. The summed E-state index contributed by atoms with van der Waals surface area (Å²) in [6.45, 7) is -0.719. The van der Waals surface area contributed by atoms with Crippen LogP contribution in [0.15, 0.2) is 12.7 Å². The molecule has 2 aromatic heterocycles. The summed E-state index contributed by atoms with van der Waals surface area (Å²) < 4.78 is 21.3. The Morgan fingerprint density at radius 2 is 1.96 bits per heavy atom. The number of nitrogens with two attached hydrogens (primary N) is 1. The zero-order valence-corrected chi connectivity index (χ0v) is 18.3. The second-order valence-electron chi connectivity index (χ2n) is 4.87. The summed E-state index contributed by atoms with van der Waals surface area (Å²) in [4.78, 5) is 32.8. The van der Waals surface area contributed by atoms with Crippen LogP contribution in [0.25, 0.3) is 11.2 Å². The number of anilines is 1. The number of fused-ring (bicyclic) bond motifs is 1. The van der Waals surface area contributed by atoms with Gasteiger partial charge in [-0.15, -0.1) is 0 Å². The smallest absolute Gasteiger partial charge is 0.790 e. The van der Waals surface area contributed by atoms with Crippen LogP contribution in [0.3, 0.4) is 0 Å². The van der Waals surface area contributed by atoms with Crippen LogP contribution in [0.5, 0.6) is 0 Å². The van der Waals surface area contributed by atoms with Crippen LogP contribution in [0.2, 0.25) is 0 Å². The molecule has 4 N–H and O–H groups in total. The first kappa shape index (κ1) is 23.4. The van der Waals surface area contributed by atoms with E-state index in [-0.39, 0.29) is 76.1 Å². The molecule has 12 nitrogen and oxygen atoms in total. The van der Waals surface area contributed by atoms with Gasteiger partial charge in [0.15, 0.2) is 17.7 Å². The average Bonchev–Trinajstić information content (AvgIpc) is 3.01. The fraction of sp³-hybridized carbons (Fsp3) is 0.500. The maximum Gasteiger partial charge on any atom is 1.00 e. The molecule has 126 valence electrons. The quantitative estimate of drug-likeness (QED) is 0.252. The topological polar surface area (TPSA) is 192 Å². The van der Waals surface area contributed by atoms with Crippen LogP contribution in [0, 0.1) is 0 Å². The van der Waals surface area contributed by atoms with Crippen molar-refractivity contribution >= 4 is 24.8 Å². The van der Waals surface area contributed by atoms with Gasteiger partial charge < -0.3 is 39.6 Å². The van der Waals surface area contributed by atoms with Gasteiger partial charge in [0.2, 0.25) is 0 Å². The summed E-state index contributed by atoms with van der Waals surface area (Å²) >= 11 is 0. The number of nitrogens with zero attached hydrogens (tertiary/aromatic N) is 4. The van der Waals surface area contributed by atoms with Gasteiger partial charge >= 0.3 is 59.1 Å². The molecule has 3 heterocycles. The van der Waals surface area contributed by atoms with Gasteiger partial charge in [-0.25, -0.2) is 15.0 Å². The van der Waals surface area contributed by atoms with E-state index in [4.69, 9.17) is 10.5 Å². The fourth-order valence-corrected chi connectivity index (χ4v) is 2.65. The van der Waals surface area contributed by atoms with Crippen molar-refractivity contribution in [3.05, 3.63) is 12.7 Å². The molecule has 1 saturated heterocycles. The van der Waals surface area contributed by atoms with Crippen molar-refractivity contribution in [3.63, 3.8) is 0 Å². The molecule has 1 fully saturated rings. The third kappa shape index (κ3) is 4.99. The van der Waals surface area contributed by atoms with E-state index < -0.39 is 39.0 Å². The Morgan fingerprint density at radius 1 is 1.28 bits per heavy atom. The molecule has 0 saturated carbocycles. The first-order valence-electron chi connectivity index (χ1n) is 6.39. The van der Waals surface area contributed by atoms with Crippen LogP contribution in [-0.4, -0.2) is 54.7 Å². The zero-order valence-electron chi connectivity index (χ0n) is 13.4. The molecule has 0 aliphatic carbocycles. The van der Waals surface area contributed by atoms with Gasteiger partial charge in [0.1, 0.15) is 30.2 Å². The number of aliphatic hydroxyl groups is 2. The van der Waals surface area contributed by atoms with E-state index in [9.17, 15) is 24.6 Å². The number of aromatic nitrogens is 4. The molecule has 1 aliphatic heterocycles. The summed E-state index contributed by atoms with van der Waals surface area (Å²) in [7, 11) is -5.22. The molecule has 3 rings (SSSR count). The van der Waals surface area contributed by atoms with E-state index in [0.717, 1.165) is 0 Å². The van der Waals surface area contributed by atoms with E-state index in [0.29, 0.717) is 0 Å². The van der Waals surface area contributed by atoms with Gasteiger partial charge in [-0.05, 0) is 0 Å². The summed E-state index contributed by atoms with van der Waals surface area (Å²) in [6, 6.07) is 0. The van der Waals surface area contributed by atoms with Crippen LogP contribution in [-0.2, 0) is 13.8 Å². The number of nitrogen functional groups attached to an aromatic ring is 1. The van der Waals surface area contributed by atoms with Crippen LogP contribution in [0.4, 0.5) is 5.82 Å². The molecule has 0 aromatic carbocycles. The maximum atomic E-state index is 10.5. The molecule has 0 spiro atoms. The van der Waals surface area contributed by atoms with Gasteiger partial charge in [0, 0.05) is 0 Å². The Morgan fingerprint density at radius 3 is 2.60 bits per heavy atom. The minimum atomic E-state index is -5.22. The van der Waals surface area contributed by atoms with Crippen molar-refractivity contribution in [3.8, 4) is 0 Å². The van der Waals surface area contributed by atoms with Crippen LogP contribution in [0.1, 0.15) is 6.23 Å². The molecule has 1 aliphatic rings. The molecule has 0 radical (unpaired) electrons. The molecule has 15 heteroatoms. The van der Waals surface area contributed by atoms with Gasteiger partial charge in [-0.1, -0.05) is 0 Å². The molecular weight excluding hydrogens is 384 g/mol. The standard InChI is InChI=1S/C10H14N5O7P.2Na/c11-8-5-9(13-2-12-8)15(3-14-5)10-7(17)6(16)4(22-10)1-21-23(18,19)20;;/h2-4,6-7,10,16-17H,1H2,(H2,11,12,13)(H2,18,19,20);;/q;2*+1/p-2/t4-,6-,7-,10-;;/m1../s1/i11+1,12+1,13+1,14+1,15+1;;. The number of rotatable bonds is 4. The largest absolute Gasteiger partial charge is 1.00 e. The number of phosphoric acid groups is 1. The molecule has 0 bridgehead atoms. The Bertz CT molecular complexity index is 773. The number of hydrogen-bond donors (Lipinski definition) is 3. The summed E-state index contributed by atoms with van der Waals surface area (Å²) in [6.07, 6.45) is -2.75. The number of hydrogen-bond acceptors (Lipinski definition) is 11. The summed E-state index contributed by atoms with van der Waals surface area (Å²) in [5, 5.41) is 20.0. The molecule has 4 atom stereocenters. The second-order valence-corrected chi connectivity index (χ2v) is 6.02. The Balaban J connectivity index is 0.00000156. The molecule has 0 unspecified atom stereocenters. The SMILES string of the molecule is [15NH2]c1[15n]c[15n]c2c1[15n]c[15n]2[C@@H]1O[C@H](COP(=O)([O-])[O-])[C@@H](O)[C@H]1O.[Na+].[Na+]. The minimum absolute atomic E-state index is 0. The second kappa shape index (κ2) is 9.02. The van der Waals surface area contributed by atoms with Crippen molar-refractivity contribution in [2.45, 2.75) is 24.5 Å². The first-order chi connectivity index (χ1) is 10.8. The van der Waals surface area contributed by atoms with Crippen molar-refractivity contribution < 1.29 is 92.9 Å². The van der Waals surface area contributed by atoms with Crippen molar-refractivity contribution in [2.24, 2.45) is 0 Å². The Kier molecular flexibility index (Phi) is 8.44. The van der Waals surface area contributed by atoms with Crippen molar-refractivity contribution in [1.82, 2.24) is 19.5 Å². The molecular formula is C10H12N5Na2O7P. The average molecular weight is 396 g/mol. The zero-order chi connectivity index (χ0) is 16.8. The number of imidazole rings is 1. The molecule has 25 heavy (non-hydrogen) atoms. The molecule has 0 amide bonds. The van der Waals surface area contributed by atoms with E-state index in [1.165, 1.54) is 17.2 Å². The van der Waals surface area contributed by atoms with E-state index in [1.54, 1.807) is 0 Å². The number of ether oxygens (including phenoxy) is 1. The third-order valence-electron chi connectivity index (χ3n) is 3.40. The minimum Gasteiger partial charge on any atom is -0.790 e. The van der Waals surface area contributed by atoms with Crippen molar-refractivity contribution in [1.29, 1.82) is 0 Å². The predicted octanol–water partition coefficient (Wildman–Crippen LogP) is -9.12.